The molecule has 0 saturated carbocycles. The van der Waals surface area contributed by atoms with Crippen LogP contribution in [0.4, 0.5) is 0 Å². The van der Waals surface area contributed by atoms with E-state index in [2.05, 4.69) is 11.9 Å². The molecular weight excluding hydrogens is 200 g/mol. The first-order valence-electron chi connectivity index (χ1n) is 2.92. The Kier molecular flexibility index (Phi) is 2.01. The van der Waals surface area contributed by atoms with Crippen LogP contribution in [0.2, 0.25) is 13.4 Å². The molecule has 0 amide bonds. The van der Waals surface area contributed by atoms with E-state index in [1.165, 1.54) is 3.97 Å². The molecule has 1 heterocycles. The van der Waals surface area contributed by atoms with Crippen molar-refractivity contribution in [1.29, 1.82) is 0 Å². The molecule has 0 radical (unpaired) electrons. The van der Waals surface area contributed by atoms with E-state index in [1.54, 1.807) is 17.3 Å². The molecule has 0 nitrogen and oxygen atoms in total. The van der Waals surface area contributed by atoms with Crippen molar-refractivity contribution in [2.75, 3.05) is 0 Å². The predicted molar refractivity (Wildman–Crippen MR) is 35.1 cm³/mol. The van der Waals surface area contributed by atoms with Gasteiger partial charge in [-0.15, -0.1) is 0 Å². The zero-order valence-electron chi connectivity index (χ0n) is 5.11. The van der Waals surface area contributed by atoms with Crippen molar-refractivity contribution in [2.45, 2.75) is 33.2 Å². The monoisotopic (exact) mass is 215 g/mol. The van der Waals surface area contributed by atoms with Crippen LogP contribution in [0.25, 0.3) is 0 Å². The van der Waals surface area contributed by atoms with Crippen LogP contribution in [-0.4, -0.2) is 19.6 Å². The second-order valence-electron chi connectivity index (χ2n) is 2.35. The van der Waals surface area contributed by atoms with Crippen molar-refractivity contribution < 1.29 is 0 Å². The summed E-state index contributed by atoms with van der Waals surface area (Å²) in [6, 6.07) is 0. The standard InChI is InChI=1S/C6H13Te/c1-6-4-3-5-7(6)2/h6H,3-5H2,1-2H3/q+1. The van der Waals surface area contributed by atoms with Crippen LogP contribution in [-0.2, 0) is 0 Å². The first kappa shape index (κ1) is 5.92. The summed E-state index contributed by atoms with van der Waals surface area (Å²) in [5.74, 6) is 0. The molecule has 1 heteroatoms. The zero-order valence-corrected chi connectivity index (χ0v) is 7.44. The molecule has 1 rings (SSSR count). The molecule has 0 aromatic carbocycles. The normalized spacial score (nSPS) is 34.3. The Balaban J connectivity index is 2.33. The molecule has 1 fully saturated rings. The molecule has 42 valence electrons. The summed E-state index contributed by atoms with van der Waals surface area (Å²) in [6.07, 6.45) is 3.10. The van der Waals surface area contributed by atoms with Gasteiger partial charge in [0.25, 0.3) is 0 Å². The van der Waals surface area contributed by atoms with Crippen molar-refractivity contribution in [2.24, 2.45) is 0 Å². The molecule has 1 atom stereocenters. The molecule has 7 heavy (non-hydrogen) atoms. The Morgan fingerprint density at radius 3 is 2.43 bits per heavy atom. The maximum absolute atomic E-state index is 2.53. The molecule has 1 unspecified atom stereocenters. The number of hydrogen-bond donors (Lipinski definition) is 0. The first-order chi connectivity index (χ1) is 3.30. The molecule has 0 bridgehead atoms. The maximum atomic E-state index is 2.53. The van der Waals surface area contributed by atoms with Gasteiger partial charge in [0.15, 0.2) is 0 Å². The van der Waals surface area contributed by atoms with Crippen molar-refractivity contribution in [3.05, 3.63) is 0 Å². The molecule has 1 aliphatic heterocycles. The Labute approximate surface area is 52.9 Å². The average Bonchev–Trinajstić information content (AvgIpc) is 1.91. The van der Waals surface area contributed by atoms with Gasteiger partial charge in [-0.05, 0) is 0 Å². The SMILES string of the molecule is CC1CCC[Te+]1C. The molecule has 1 aliphatic rings. The van der Waals surface area contributed by atoms with Crippen LogP contribution in [0.15, 0.2) is 0 Å². The van der Waals surface area contributed by atoms with Crippen molar-refractivity contribution in [3.8, 4) is 0 Å². The molecule has 0 N–H and O–H groups in total. The van der Waals surface area contributed by atoms with E-state index in [1.807, 2.05) is 0 Å². The van der Waals surface area contributed by atoms with E-state index in [9.17, 15) is 0 Å². The Morgan fingerprint density at radius 2 is 2.29 bits per heavy atom. The third kappa shape index (κ3) is 1.34. The van der Waals surface area contributed by atoms with Gasteiger partial charge in [-0.1, -0.05) is 0 Å². The van der Waals surface area contributed by atoms with E-state index in [0.29, 0.717) is 0 Å². The van der Waals surface area contributed by atoms with Gasteiger partial charge in [-0.3, -0.25) is 0 Å². The minimum atomic E-state index is -0.403. The molecule has 0 spiro atoms. The third-order valence-corrected chi connectivity index (χ3v) is 9.02. The van der Waals surface area contributed by atoms with Gasteiger partial charge in [0.2, 0.25) is 0 Å². The van der Waals surface area contributed by atoms with Gasteiger partial charge in [0.05, 0.1) is 0 Å². The molecular formula is C6H13Te+. The minimum absolute atomic E-state index is 0.403. The fourth-order valence-electron chi connectivity index (χ4n) is 1.00. The summed E-state index contributed by atoms with van der Waals surface area (Å²) in [6.45, 7) is 2.43. The van der Waals surface area contributed by atoms with Crippen LogP contribution in [0.3, 0.4) is 0 Å². The van der Waals surface area contributed by atoms with E-state index in [-0.39, 0.29) is 0 Å². The van der Waals surface area contributed by atoms with Gasteiger partial charge in [-0.25, -0.2) is 0 Å². The predicted octanol–water partition coefficient (Wildman–Crippen LogP) is 2.29. The topological polar surface area (TPSA) is 0 Å². The summed E-state index contributed by atoms with van der Waals surface area (Å²) >= 11 is -0.403. The van der Waals surface area contributed by atoms with Gasteiger partial charge >= 0.3 is 52.7 Å². The summed E-state index contributed by atoms with van der Waals surface area (Å²) in [4.78, 5) is 2.53. The van der Waals surface area contributed by atoms with Gasteiger partial charge in [0.1, 0.15) is 0 Å². The Hall–Kier alpha value is 0.790. The Morgan fingerprint density at radius 1 is 1.57 bits per heavy atom. The van der Waals surface area contributed by atoms with Gasteiger partial charge < -0.3 is 0 Å². The molecule has 0 aromatic rings. The second-order valence-corrected chi connectivity index (χ2v) is 9.75. The molecule has 0 aromatic heterocycles. The van der Waals surface area contributed by atoms with Crippen LogP contribution < -0.4 is 0 Å². The average molecular weight is 213 g/mol. The molecule has 0 aliphatic carbocycles. The summed E-state index contributed by atoms with van der Waals surface area (Å²) in [5, 5.41) is 0. The summed E-state index contributed by atoms with van der Waals surface area (Å²) in [7, 11) is 0. The van der Waals surface area contributed by atoms with Gasteiger partial charge in [-0.2, -0.15) is 0 Å². The van der Waals surface area contributed by atoms with E-state index in [4.69, 9.17) is 0 Å². The van der Waals surface area contributed by atoms with Crippen LogP contribution >= 0.6 is 0 Å². The van der Waals surface area contributed by atoms with Crippen molar-refractivity contribution in [1.82, 2.24) is 0 Å². The number of rotatable bonds is 0. The number of hydrogen-bond acceptors (Lipinski definition) is 0. The van der Waals surface area contributed by atoms with E-state index < -0.39 is 19.6 Å². The van der Waals surface area contributed by atoms with Crippen LogP contribution in [0, 0.1) is 0 Å². The van der Waals surface area contributed by atoms with Crippen molar-refractivity contribution >= 4 is 19.6 Å². The summed E-state index contributed by atoms with van der Waals surface area (Å²) < 4.78 is 2.83. The fraction of sp³-hybridized carbons (Fsp3) is 1.00. The quantitative estimate of drug-likeness (QED) is 0.541. The first-order valence-corrected chi connectivity index (χ1v) is 8.24. The summed E-state index contributed by atoms with van der Waals surface area (Å²) in [5.41, 5.74) is 0. The fourth-order valence-corrected chi connectivity index (χ4v) is 5.55. The molecule has 1 saturated heterocycles. The zero-order chi connectivity index (χ0) is 5.28. The van der Waals surface area contributed by atoms with Crippen molar-refractivity contribution in [3.63, 3.8) is 0 Å². The van der Waals surface area contributed by atoms with Gasteiger partial charge in [0, 0.05) is 0 Å². The van der Waals surface area contributed by atoms with Crippen LogP contribution in [0.1, 0.15) is 19.8 Å². The van der Waals surface area contributed by atoms with E-state index in [0.717, 1.165) is 0 Å². The third-order valence-electron chi connectivity index (χ3n) is 1.76. The second kappa shape index (κ2) is 2.37. The van der Waals surface area contributed by atoms with E-state index >= 15 is 0 Å². The van der Waals surface area contributed by atoms with Crippen LogP contribution in [0.5, 0.6) is 0 Å². The Bertz CT molecular complexity index is 53.2.